The molecule has 0 saturated carbocycles. The van der Waals surface area contributed by atoms with Crippen molar-refractivity contribution in [1.82, 2.24) is 14.9 Å². The predicted molar refractivity (Wildman–Crippen MR) is 86.4 cm³/mol. The first-order chi connectivity index (χ1) is 10.6. The molecule has 2 amide bonds. The van der Waals surface area contributed by atoms with Gasteiger partial charge in [0.2, 0.25) is 5.91 Å². The van der Waals surface area contributed by atoms with Gasteiger partial charge in [-0.1, -0.05) is 0 Å². The summed E-state index contributed by atoms with van der Waals surface area (Å²) in [6.45, 7) is 2.88. The number of likely N-dealkylation sites (tertiary alicyclic amines) is 1. The zero-order valence-corrected chi connectivity index (χ0v) is 13.7. The molecule has 1 aliphatic heterocycles. The molecule has 1 fully saturated rings. The fraction of sp³-hybridized carbons (Fsp3) is 0.429. The minimum absolute atomic E-state index is 0.0109. The van der Waals surface area contributed by atoms with Crippen molar-refractivity contribution < 1.29 is 9.59 Å². The second-order valence-electron chi connectivity index (χ2n) is 5.22. The number of carbonyl (C=O) groups excluding carboxylic acids is 2. The van der Waals surface area contributed by atoms with Crippen molar-refractivity contribution in [1.29, 1.82) is 0 Å². The molecule has 0 bridgehead atoms. The molecule has 22 heavy (non-hydrogen) atoms. The lowest BCUT2D eigenvalue weighted by Crippen LogP contribution is -2.39. The van der Waals surface area contributed by atoms with Crippen LogP contribution >= 0.6 is 22.7 Å². The Balaban J connectivity index is 1.69. The summed E-state index contributed by atoms with van der Waals surface area (Å²) in [6, 6.07) is 0. The number of nitrogens with zero attached hydrogens (tertiary/aromatic N) is 3. The van der Waals surface area contributed by atoms with Crippen molar-refractivity contribution in [2.75, 3.05) is 18.4 Å². The molecule has 1 saturated heterocycles. The molecule has 1 aliphatic rings. The van der Waals surface area contributed by atoms with E-state index in [-0.39, 0.29) is 17.7 Å². The molecule has 1 unspecified atom stereocenters. The van der Waals surface area contributed by atoms with Crippen molar-refractivity contribution in [3.63, 3.8) is 0 Å². The third kappa shape index (κ3) is 3.33. The van der Waals surface area contributed by atoms with Gasteiger partial charge in [-0.15, -0.1) is 22.7 Å². The van der Waals surface area contributed by atoms with E-state index in [2.05, 4.69) is 15.3 Å². The molecule has 1 atom stereocenters. The highest BCUT2D eigenvalue weighted by molar-refractivity contribution is 7.13. The first-order valence-electron chi connectivity index (χ1n) is 7.04. The molecular formula is C14H16N4O2S2. The second-order valence-corrected chi connectivity index (χ2v) is 6.80. The van der Waals surface area contributed by atoms with Crippen LogP contribution in [0.4, 0.5) is 5.13 Å². The van der Waals surface area contributed by atoms with E-state index in [9.17, 15) is 9.59 Å². The molecule has 2 aromatic heterocycles. The van der Waals surface area contributed by atoms with Gasteiger partial charge in [-0.2, -0.15) is 0 Å². The van der Waals surface area contributed by atoms with Crippen molar-refractivity contribution in [3.8, 4) is 0 Å². The fourth-order valence-corrected chi connectivity index (χ4v) is 3.93. The van der Waals surface area contributed by atoms with E-state index in [4.69, 9.17) is 0 Å². The SMILES string of the molecule is CC(=O)Nc1nc(C2CCCN(C(=O)c3cscn3)C2)cs1. The summed E-state index contributed by atoms with van der Waals surface area (Å²) in [6.07, 6.45) is 1.96. The third-order valence-corrected chi connectivity index (χ3v) is 4.95. The molecule has 2 aromatic rings. The predicted octanol–water partition coefficient (Wildman–Crippen LogP) is 2.58. The highest BCUT2D eigenvalue weighted by Crippen LogP contribution is 2.30. The number of carbonyl (C=O) groups is 2. The van der Waals surface area contributed by atoms with Gasteiger partial charge in [-0.3, -0.25) is 9.59 Å². The maximum Gasteiger partial charge on any atom is 0.273 e. The van der Waals surface area contributed by atoms with Crippen LogP contribution in [-0.2, 0) is 4.79 Å². The molecule has 1 N–H and O–H groups in total. The second kappa shape index (κ2) is 6.53. The van der Waals surface area contributed by atoms with Crippen LogP contribution in [0.1, 0.15) is 41.9 Å². The van der Waals surface area contributed by atoms with E-state index in [1.165, 1.54) is 29.6 Å². The van der Waals surface area contributed by atoms with E-state index in [1.807, 2.05) is 10.3 Å². The normalized spacial score (nSPS) is 18.2. The van der Waals surface area contributed by atoms with Crippen LogP contribution in [0, 0.1) is 0 Å². The van der Waals surface area contributed by atoms with Crippen LogP contribution in [0.3, 0.4) is 0 Å². The van der Waals surface area contributed by atoms with E-state index < -0.39 is 0 Å². The highest BCUT2D eigenvalue weighted by Gasteiger charge is 2.27. The molecule has 3 heterocycles. The molecule has 0 aliphatic carbocycles. The largest absolute Gasteiger partial charge is 0.337 e. The first kappa shape index (κ1) is 15.1. The molecular weight excluding hydrogens is 320 g/mol. The van der Waals surface area contributed by atoms with Crippen molar-refractivity contribution >= 4 is 39.6 Å². The Kier molecular flexibility index (Phi) is 4.49. The Morgan fingerprint density at radius 3 is 3.00 bits per heavy atom. The van der Waals surface area contributed by atoms with Crippen LogP contribution in [0.2, 0.25) is 0 Å². The number of hydrogen-bond acceptors (Lipinski definition) is 6. The Bertz CT molecular complexity index is 668. The third-order valence-electron chi connectivity index (χ3n) is 3.58. The Morgan fingerprint density at radius 2 is 2.27 bits per heavy atom. The Labute approximate surface area is 136 Å². The number of anilines is 1. The summed E-state index contributed by atoms with van der Waals surface area (Å²) < 4.78 is 0. The number of nitrogens with one attached hydrogen (secondary N) is 1. The maximum absolute atomic E-state index is 12.4. The fourth-order valence-electron chi connectivity index (χ4n) is 2.56. The van der Waals surface area contributed by atoms with Gasteiger partial charge in [0, 0.05) is 36.7 Å². The van der Waals surface area contributed by atoms with Gasteiger partial charge in [0.05, 0.1) is 11.2 Å². The zero-order valence-electron chi connectivity index (χ0n) is 12.1. The molecule has 0 radical (unpaired) electrons. The topological polar surface area (TPSA) is 75.2 Å². The van der Waals surface area contributed by atoms with E-state index >= 15 is 0 Å². The van der Waals surface area contributed by atoms with Gasteiger partial charge in [0.15, 0.2) is 5.13 Å². The summed E-state index contributed by atoms with van der Waals surface area (Å²) in [5, 5.41) is 7.06. The van der Waals surface area contributed by atoms with Crippen LogP contribution in [0.5, 0.6) is 0 Å². The van der Waals surface area contributed by atoms with Crippen LogP contribution in [0.25, 0.3) is 0 Å². The van der Waals surface area contributed by atoms with Crippen LogP contribution < -0.4 is 5.32 Å². The lowest BCUT2D eigenvalue weighted by Gasteiger charge is -2.31. The van der Waals surface area contributed by atoms with Gasteiger partial charge >= 0.3 is 0 Å². The van der Waals surface area contributed by atoms with Gasteiger partial charge < -0.3 is 10.2 Å². The van der Waals surface area contributed by atoms with E-state index in [0.717, 1.165) is 25.1 Å². The summed E-state index contributed by atoms with van der Waals surface area (Å²) >= 11 is 2.85. The standard InChI is InChI=1S/C14H16N4O2S2/c1-9(19)16-14-17-11(7-22-14)10-3-2-4-18(5-10)13(20)12-6-21-8-15-12/h6-8,10H,2-5H2,1H3,(H,16,17,19). The first-order valence-corrected chi connectivity index (χ1v) is 8.86. The van der Waals surface area contributed by atoms with E-state index in [0.29, 0.717) is 17.4 Å². The lowest BCUT2D eigenvalue weighted by atomic mass is 9.95. The minimum Gasteiger partial charge on any atom is -0.337 e. The van der Waals surface area contributed by atoms with Gasteiger partial charge in [0.1, 0.15) is 5.69 Å². The zero-order chi connectivity index (χ0) is 15.5. The van der Waals surface area contributed by atoms with Crippen LogP contribution in [-0.4, -0.2) is 39.8 Å². The summed E-state index contributed by atoms with van der Waals surface area (Å²) in [7, 11) is 0. The summed E-state index contributed by atoms with van der Waals surface area (Å²) in [5.74, 6) is 0.0863. The minimum atomic E-state index is -0.120. The quantitative estimate of drug-likeness (QED) is 0.935. The average Bonchev–Trinajstić information content (AvgIpc) is 3.17. The maximum atomic E-state index is 12.4. The number of amides is 2. The molecule has 116 valence electrons. The van der Waals surface area contributed by atoms with Crippen molar-refractivity contribution in [3.05, 3.63) is 27.7 Å². The Morgan fingerprint density at radius 1 is 1.41 bits per heavy atom. The highest BCUT2D eigenvalue weighted by atomic mass is 32.1. The lowest BCUT2D eigenvalue weighted by molar-refractivity contribution is -0.114. The number of piperidine rings is 1. The molecule has 0 spiro atoms. The monoisotopic (exact) mass is 336 g/mol. The molecule has 3 rings (SSSR count). The van der Waals surface area contributed by atoms with Gasteiger partial charge in [-0.05, 0) is 12.8 Å². The summed E-state index contributed by atoms with van der Waals surface area (Å²) in [4.78, 5) is 33.9. The summed E-state index contributed by atoms with van der Waals surface area (Å²) in [5.41, 5.74) is 3.14. The number of thiazole rings is 2. The molecule has 6 nitrogen and oxygen atoms in total. The van der Waals surface area contributed by atoms with Gasteiger partial charge in [-0.25, -0.2) is 9.97 Å². The Hall–Kier alpha value is -1.80. The number of hydrogen-bond donors (Lipinski definition) is 1. The smallest absolute Gasteiger partial charge is 0.273 e. The number of aromatic nitrogens is 2. The van der Waals surface area contributed by atoms with Crippen molar-refractivity contribution in [2.45, 2.75) is 25.7 Å². The van der Waals surface area contributed by atoms with E-state index in [1.54, 1.807) is 10.9 Å². The number of rotatable bonds is 3. The van der Waals surface area contributed by atoms with Crippen LogP contribution in [0.15, 0.2) is 16.3 Å². The molecule has 0 aromatic carbocycles. The average molecular weight is 336 g/mol. The van der Waals surface area contributed by atoms with Crippen molar-refractivity contribution in [2.24, 2.45) is 0 Å². The molecule has 8 heteroatoms. The van der Waals surface area contributed by atoms with Gasteiger partial charge in [0.25, 0.3) is 5.91 Å².